The zero-order valence-corrected chi connectivity index (χ0v) is 12.8. The molecular weight excluding hydrogens is 316 g/mol. The van der Waals surface area contributed by atoms with Crippen LogP contribution in [0.2, 0.25) is 5.02 Å². The van der Waals surface area contributed by atoms with Gasteiger partial charge in [-0.1, -0.05) is 35.9 Å². The number of para-hydroxylation sites is 1. The third-order valence-corrected chi connectivity index (χ3v) is 5.13. The first-order valence-electron chi connectivity index (χ1n) is 5.67. The molecule has 106 valence electrons. The lowest BCUT2D eigenvalue weighted by Gasteiger charge is -2.09. The van der Waals surface area contributed by atoms with Crippen molar-refractivity contribution < 1.29 is 8.42 Å². The molecule has 0 heterocycles. The minimum Gasteiger partial charge on any atom is -0.397 e. The number of nitrogens with two attached hydrogens (primary N) is 2. The Hall–Kier alpha value is -1.21. The summed E-state index contributed by atoms with van der Waals surface area (Å²) < 4.78 is 22.8. The highest BCUT2D eigenvalue weighted by Crippen LogP contribution is 2.33. The molecule has 0 bridgehead atoms. The first-order valence-corrected chi connectivity index (χ1v) is 8.58. The molecule has 2 aromatic carbocycles. The third kappa shape index (κ3) is 3.46. The molecule has 0 fully saturated rings. The Kier molecular flexibility index (Phi) is 4.59. The van der Waals surface area contributed by atoms with Gasteiger partial charge in [0.1, 0.15) is 4.90 Å². The molecule has 0 saturated carbocycles. The van der Waals surface area contributed by atoms with E-state index in [9.17, 15) is 8.42 Å². The van der Waals surface area contributed by atoms with Crippen molar-refractivity contribution in [1.82, 2.24) is 0 Å². The molecule has 4 N–H and O–H groups in total. The summed E-state index contributed by atoms with van der Waals surface area (Å²) in [6.45, 7) is 0. The van der Waals surface area contributed by atoms with Gasteiger partial charge in [-0.15, -0.1) is 11.8 Å². The molecule has 0 aliphatic carbocycles. The summed E-state index contributed by atoms with van der Waals surface area (Å²) in [7, 11) is -3.81. The van der Waals surface area contributed by atoms with E-state index in [4.69, 9.17) is 22.5 Å². The van der Waals surface area contributed by atoms with Crippen molar-refractivity contribution >= 4 is 39.1 Å². The number of thioether (sulfide) groups is 1. The predicted molar refractivity (Wildman–Crippen MR) is 83.2 cm³/mol. The number of halogens is 1. The second-order valence-electron chi connectivity index (χ2n) is 4.09. The largest absolute Gasteiger partial charge is 0.397 e. The van der Waals surface area contributed by atoms with Crippen LogP contribution in [-0.2, 0) is 15.8 Å². The molecule has 0 spiro atoms. The van der Waals surface area contributed by atoms with Crippen LogP contribution in [0.4, 0.5) is 5.69 Å². The molecule has 2 aromatic rings. The van der Waals surface area contributed by atoms with E-state index >= 15 is 0 Å². The van der Waals surface area contributed by atoms with Crippen LogP contribution in [0.5, 0.6) is 0 Å². The molecule has 2 rings (SSSR count). The summed E-state index contributed by atoms with van der Waals surface area (Å²) in [5, 5.41) is 5.79. The number of rotatable bonds is 4. The van der Waals surface area contributed by atoms with E-state index in [0.29, 0.717) is 15.7 Å². The second-order valence-corrected chi connectivity index (χ2v) is 7.05. The zero-order valence-electron chi connectivity index (χ0n) is 10.4. The van der Waals surface area contributed by atoms with E-state index in [1.165, 1.54) is 17.8 Å². The van der Waals surface area contributed by atoms with E-state index in [-0.39, 0.29) is 10.6 Å². The summed E-state index contributed by atoms with van der Waals surface area (Å²) in [6, 6.07) is 12.2. The van der Waals surface area contributed by atoms with Crippen molar-refractivity contribution in [2.75, 3.05) is 5.73 Å². The van der Waals surface area contributed by atoms with Gasteiger partial charge >= 0.3 is 0 Å². The van der Waals surface area contributed by atoms with E-state index in [0.717, 1.165) is 5.56 Å². The Morgan fingerprint density at radius 3 is 2.45 bits per heavy atom. The summed E-state index contributed by atoms with van der Waals surface area (Å²) in [6.07, 6.45) is 0. The molecule has 0 aromatic heterocycles. The number of nitrogen functional groups attached to an aromatic ring is 1. The van der Waals surface area contributed by atoms with E-state index in [1.54, 1.807) is 12.1 Å². The van der Waals surface area contributed by atoms with E-state index in [1.807, 2.05) is 24.3 Å². The maximum atomic E-state index is 11.4. The van der Waals surface area contributed by atoms with Gasteiger partial charge in [-0.05, 0) is 23.8 Å². The molecule has 0 amide bonds. The number of benzene rings is 2. The smallest absolute Gasteiger partial charge is 0.240 e. The predicted octanol–water partition coefficient (Wildman–Crippen LogP) is 2.86. The standard InChI is InChI=1S/C13H13ClN2O2S2/c14-10-5-2-1-4-9(10)8-19-11-6-3-7-12(13(11)15)20(16,17)18/h1-7H,8,15H2,(H2,16,17,18). The lowest BCUT2D eigenvalue weighted by atomic mass is 10.2. The molecule has 7 heteroatoms. The van der Waals surface area contributed by atoms with Crippen molar-refractivity contribution in [1.29, 1.82) is 0 Å². The van der Waals surface area contributed by atoms with Crippen LogP contribution < -0.4 is 10.9 Å². The van der Waals surface area contributed by atoms with Crippen molar-refractivity contribution in [3.05, 3.63) is 53.1 Å². The monoisotopic (exact) mass is 328 g/mol. The van der Waals surface area contributed by atoms with Gasteiger partial charge in [0.05, 0.1) is 5.69 Å². The molecule has 0 unspecified atom stereocenters. The van der Waals surface area contributed by atoms with Gasteiger partial charge < -0.3 is 5.73 Å². The molecule has 4 nitrogen and oxygen atoms in total. The van der Waals surface area contributed by atoms with Crippen LogP contribution >= 0.6 is 23.4 Å². The normalized spacial score (nSPS) is 11.5. The topological polar surface area (TPSA) is 86.2 Å². The van der Waals surface area contributed by atoms with Crippen molar-refractivity contribution in [2.45, 2.75) is 15.5 Å². The van der Waals surface area contributed by atoms with Crippen molar-refractivity contribution in [2.24, 2.45) is 5.14 Å². The van der Waals surface area contributed by atoms with Gasteiger partial charge in [-0.3, -0.25) is 0 Å². The first kappa shape index (κ1) is 15.2. The highest BCUT2D eigenvalue weighted by Gasteiger charge is 2.15. The minimum atomic E-state index is -3.81. The summed E-state index contributed by atoms with van der Waals surface area (Å²) in [4.78, 5) is 0.609. The van der Waals surface area contributed by atoms with Crippen LogP contribution in [0, 0.1) is 0 Å². The fourth-order valence-electron chi connectivity index (χ4n) is 1.67. The third-order valence-electron chi connectivity index (χ3n) is 2.67. The zero-order chi connectivity index (χ0) is 14.8. The van der Waals surface area contributed by atoms with Crippen LogP contribution in [0.15, 0.2) is 52.3 Å². The Labute approximate surface area is 127 Å². The molecule has 0 atom stereocenters. The summed E-state index contributed by atoms with van der Waals surface area (Å²) >= 11 is 7.49. The van der Waals surface area contributed by atoms with Gasteiger partial charge in [-0.25, -0.2) is 13.6 Å². The Balaban J connectivity index is 2.25. The molecule has 20 heavy (non-hydrogen) atoms. The van der Waals surface area contributed by atoms with Crippen molar-refractivity contribution in [3.8, 4) is 0 Å². The molecule has 0 saturated heterocycles. The molecule has 0 aliphatic rings. The number of sulfonamides is 1. The lowest BCUT2D eigenvalue weighted by molar-refractivity contribution is 0.598. The second kappa shape index (κ2) is 6.05. The quantitative estimate of drug-likeness (QED) is 0.667. The maximum absolute atomic E-state index is 11.4. The molecular formula is C13H13ClN2O2S2. The van der Waals surface area contributed by atoms with E-state index < -0.39 is 10.0 Å². The first-order chi connectivity index (χ1) is 9.39. The Bertz CT molecular complexity index is 733. The average Bonchev–Trinajstić information content (AvgIpc) is 2.38. The Morgan fingerprint density at radius 1 is 1.10 bits per heavy atom. The maximum Gasteiger partial charge on any atom is 0.240 e. The molecule has 0 radical (unpaired) electrons. The fraction of sp³-hybridized carbons (Fsp3) is 0.0769. The van der Waals surface area contributed by atoms with Gasteiger partial charge in [0.15, 0.2) is 0 Å². The average molecular weight is 329 g/mol. The number of hydrogen-bond donors (Lipinski definition) is 2. The van der Waals surface area contributed by atoms with Gasteiger partial charge in [-0.2, -0.15) is 0 Å². The number of anilines is 1. The fourth-order valence-corrected chi connectivity index (χ4v) is 3.70. The summed E-state index contributed by atoms with van der Waals surface area (Å²) in [5.74, 6) is 0.595. The van der Waals surface area contributed by atoms with Crippen LogP contribution in [-0.4, -0.2) is 8.42 Å². The van der Waals surface area contributed by atoms with Crippen molar-refractivity contribution in [3.63, 3.8) is 0 Å². The van der Waals surface area contributed by atoms with Crippen LogP contribution in [0.1, 0.15) is 5.56 Å². The van der Waals surface area contributed by atoms with Crippen LogP contribution in [0.25, 0.3) is 0 Å². The van der Waals surface area contributed by atoms with Crippen LogP contribution in [0.3, 0.4) is 0 Å². The van der Waals surface area contributed by atoms with E-state index in [2.05, 4.69) is 0 Å². The van der Waals surface area contributed by atoms with Gasteiger partial charge in [0.2, 0.25) is 10.0 Å². The minimum absolute atomic E-state index is 0.0540. The highest BCUT2D eigenvalue weighted by atomic mass is 35.5. The Morgan fingerprint density at radius 2 is 1.80 bits per heavy atom. The number of primary sulfonamides is 1. The summed E-state index contributed by atoms with van der Waals surface area (Å²) in [5.41, 5.74) is 6.99. The molecule has 0 aliphatic heterocycles. The SMILES string of the molecule is Nc1c(SCc2ccccc2Cl)cccc1S(N)(=O)=O. The van der Waals surface area contributed by atoms with Gasteiger partial charge in [0, 0.05) is 15.7 Å². The number of hydrogen-bond acceptors (Lipinski definition) is 4. The lowest BCUT2D eigenvalue weighted by Crippen LogP contribution is -2.14. The van der Waals surface area contributed by atoms with Gasteiger partial charge in [0.25, 0.3) is 0 Å². The highest BCUT2D eigenvalue weighted by molar-refractivity contribution is 7.98.